The molecule has 2 amide bonds. The highest BCUT2D eigenvalue weighted by molar-refractivity contribution is 9.10. The van der Waals surface area contributed by atoms with E-state index in [4.69, 9.17) is 23.2 Å². The minimum absolute atomic E-state index is 0.0362. The number of hydrogen-bond donors (Lipinski definition) is 1. The molecule has 218 valence electrons. The van der Waals surface area contributed by atoms with E-state index >= 15 is 0 Å². The van der Waals surface area contributed by atoms with E-state index in [9.17, 15) is 18.0 Å². The molecule has 0 saturated heterocycles. The van der Waals surface area contributed by atoms with Crippen molar-refractivity contribution in [2.24, 2.45) is 0 Å². The van der Waals surface area contributed by atoms with E-state index in [2.05, 4.69) is 21.2 Å². The van der Waals surface area contributed by atoms with E-state index in [1.54, 1.807) is 67.6 Å². The summed E-state index contributed by atoms with van der Waals surface area (Å²) in [5.74, 6) is -0.823. The summed E-state index contributed by atoms with van der Waals surface area (Å²) < 4.78 is 29.5. The van der Waals surface area contributed by atoms with E-state index in [0.29, 0.717) is 21.3 Å². The molecule has 1 aliphatic rings. The van der Waals surface area contributed by atoms with Crippen molar-refractivity contribution in [3.05, 3.63) is 92.9 Å². The van der Waals surface area contributed by atoms with Crippen molar-refractivity contribution in [1.82, 2.24) is 10.2 Å². The first-order valence-electron chi connectivity index (χ1n) is 13.4. The van der Waals surface area contributed by atoms with Crippen molar-refractivity contribution >= 4 is 66.7 Å². The number of sulfonamides is 1. The van der Waals surface area contributed by atoms with Crippen LogP contribution in [0, 0.1) is 0 Å². The molecule has 0 unspecified atom stereocenters. The monoisotopic (exact) mass is 679 g/mol. The van der Waals surface area contributed by atoms with E-state index < -0.39 is 28.5 Å². The van der Waals surface area contributed by atoms with Gasteiger partial charge in [0.2, 0.25) is 11.8 Å². The molecule has 4 rings (SSSR count). The molecule has 1 aliphatic carbocycles. The Balaban J connectivity index is 1.67. The van der Waals surface area contributed by atoms with Gasteiger partial charge in [0.05, 0.1) is 20.6 Å². The summed E-state index contributed by atoms with van der Waals surface area (Å²) in [4.78, 5) is 28.9. The molecule has 0 bridgehead atoms. The molecule has 41 heavy (non-hydrogen) atoms. The summed E-state index contributed by atoms with van der Waals surface area (Å²) in [5.41, 5.74) is 0.977. The van der Waals surface area contributed by atoms with Crippen LogP contribution in [0.15, 0.2) is 82.2 Å². The number of hydrogen-bond acceptors (Lipinski definition) is 4. The number of carbonyl (C=O) groups is 2. The summed E-state index contributed by atoms with van der Waals surface area (Å²) in [5, 5.41) is 3.78. The van der Waals surface area contributed by atoms with Gasteiger partial charge in [-0.1, -0.05) is 82.7 Å². The maximum absolute atomic E-state index is 14.0. The molecule has 1 saturated carbocycles. The Morgan fingerprint density at radius 2 is 1.61 bits per heavy atom. The SMILES string of the molecule is C[C@H](C(=O)NC1CCCCC1)N(Cc1ccc(Cl)c(Cl)c1)C(=O)CN(c1ccc(Br)cc1)S(=O)(=O)c1ccccc1. The van der Waals surface area contributed by atoms with Gasteiger partial charge in [-0.25, -0.2) is 8.42 Å². The van der Waals surface area contributed by atoms with Crippen molar-refractivity contribution in [2.75, 3.05) is 10.8 Å². The maximum Gasteiger partial charge on any atom is 0.264 e. The van der Waals surface area contributed by atoms with E-state index in [-0.39, 0.29) is 23.4 Å². The molecule has 1 N–H and O–H groups in total. The zero-order valence-electron chi connectivity index (χ0n) is 22.6. The fourth-order valence-corrected chi connectivity index (χ4v) is 6.86. The Morgan fingerprint density at radius 3 is 2.24 bits per heavy atom. The van der Waals surface area contributed by atoms with Crippen LogP contribution in [0.3, 0.4) is 0 Å². The summed E-state index contributed by atoms with van der Waals surface area (Å²) in [6.45, 7) is 1.18. The number of rotatable bonds is 10. The lowest BCUT2D eigenvalue weighted by atomic mass is 9.95. The average Bonchev–Trinajstić information content (AvgIpc) is 2.97. The first-order valence-corrected chi connectivity index (χ1v) is 16.4. The Labute approximate surface area is 260 Å². The van der Waals surface area contributed by atoms with Gasteiger partial charge < -0.3 is 10.2 Å². The summed E-state index contributed by atoms with van der Waals surface area (Å²) in [6.07, 6.45) is 5.03. The van der Waals surface area contributed by atoms with E-state index in [1.807, 2.05) is 0 Å². The Hall–Kier alpha value is -2.59. The van der Waals surface area contributed by atoms with Crippen LogP contribution in [0.5, 0.6) is 0 Å². The average molecular weight is 681 g/mol. The second-order valence-corrected chi connectivity index (χ2v) is 13.7. The van der Waals surface area contributed by atoms with Crippen molar-refractivity contribution in [3.63, 3.8) is 0 Å². The normalized spacial score (nSPS) is 14.7. The highest BCUT2D eigenvalue weighted by Crippen LogP contribution is 2.27. The van der Waals surface area contributed by atoms with Gasteiger partial charge >= 0.3 is 0 Å². The molecule has 11 heteroatoms. The molecular weight excluding hydrogens is 649 g/mol. The number of benzene rings is 3. The molecule has 0 aliphatic heterocycles. The van der Waals surface area contributed by atoms with Gasteiger partial charge in [0.1, 0.15) is 12.6 Å². The topological polar surface area (TPSA) is 86.8 Å². The van der Waals surface area contributed by atoms with E-state index in [1.165, 1.54) is 17.0 Å². The maximum atomic E-state index is 14.0. The molecule has 0 aromatic heterocycles. The van der Waals surface area contributed by atoms with Crippen LogP contribution in [0.1, 0.15) is 44.6 Å². The predicted octanol–water partition coefficient (Wildman–Crippen LogP) is 6.82. The van der Waals surface area contributed by atoms with Gasteiger partial charge in [0.25, 0.3) is 10.0 Å². The predicted molar refractivity (Wildman–Crippen MR) is 167 cm³/mol. The quantitative estimate of drug-likeness (QED) is 0.255. The number of anilines is 1. The van der Waals surface area contributed by atoms with Crippen molar-refractivity contribution in [2.45, 2.75) is 62.6 Å². The van der Waals surface area contributed by atoms with Crippen LogP contribution >= 0.6 is 39.1 Å². The second kappa shape index (κ2) is 14.1. The first-order chi connectivity index (χ1) is 19.6. The fraction of sp³-hybridized carbons (Fsp3) is 0.333. The number of nitrogens with zero attached hydrogens (tertiary/aromatic N) is 2. The largest absolute Gasteiger partial charge is 0.352 e. The minimum Gasteiger partial charge on any atom is -0.352 e. The molecule has 7 nitrogen and oxygen atoms in total. The molecule has 1 atom stereocenters. The lowest BCUT2D eigenvalue weighted by Gasteiger charge is -2.33. The van der Waals surface area contributed by atoms with Gasteiger partial charge in [-0.05, 0) is 73.9 Å². The van der Waals surface area contributed by atoms with Crippen LogP contribution in [0.25, 0.3) is 0 Å². The molecule has 3 aromatic carbocycles. The van der Waals surface area contributed by atoms with Gasteiger partial charge in [0, 0.05) is 17.1 Å². The Bertz CT molecular complexity index is 1470. The zero-order valence-corrected chi connectivity index (χ0v) is 26.5. The van der Waals surface area contributed by atoms with Crippen molar-refractivity contribution < 1.29 is 18.0 Å². The highest BCUT2D eigenvalue weighted by atomic mass is 79.9. The number of halogens is 3. The Kier molecular flexibility index (Phi) is 10.7. The van der Waals surface area contributed by atoms with Crippen molar-refractivity contribution in [1.29, 1.82) is 0 Å². The molecular formula is C30H32BrCl2N3O4S. The third-order valence-corrected chi connectivity index (χ3v) is 10.2. The van der Waals surface area contributed by atoms with Gasteiger partial charge in [-0.15, -0.1) is 0 Å². The van der Waals surface area contributed by atoms with Crippen LogP contribution < -0.4 is 9.62 Å². The van der Waals surface area contributed by atoms with Crippen LogP contribution in [0.2, 0.25) is 10.0 Å². The van der Waals surface area contributed by atoms with Crippen molar-refractivity contribution in [3.8, 4) is 0 Å². The Morgan fingerprint density at radius 1 is 0.951 bits per heavy atom. The van der Waals surface area contributed by atoms with Gasteiger partial charge in [-0.2, -0.15) is 0 Å². The second-order valence-electron chi connectivity index (χ2n) is 10.1. The van der Waals surface area contributed by atoms with Crippen LogP contribution in [-0.4, -0.2) is 43.8 Å². The number of carbonyl (C=O) groups excluding carboxylic acids is 2. The lowest BCUT2D eigenvalue weighted by molar-refractivity contribution is -0.139. The van der Waals surface area contributed by atoms with Crippen LogP contribution in [0.4, 0.5) is 5.69 Å². The first kappa shape index (κ1) is 31.3. The smallest absolute Gasteiger partial charge is 0.264 e. The third-order valence-electron chi connectivity index (χ3n) is 7.18. The number of nitrogens with one attached hydrogen (secondary N) is 1. The molecule has 3 aromatic rings. The summed E-state index contributed by atoms with van der Waals surface area (Å²) in [7, 11) is -4.12. The zero-order chi connectivity index (χ0) is 29.6. The van der Waals surface area contributed by atoms with Gasteiger partial charge in [0.15, 0.2) is 0 Å². The molecule has 0 heterocycles. The highest BCUT2D eigenvalue weighted by Gasteiger charge is 2.33. The summed E-state index contributed by atoms with van der Waals surface area (Å²) in [6, 6.07) is 18.8. The van der Waals surface area contributed by atoms with Crippen LogP contribution in [-0.2, 0) is 26.2 Å². The molecule has 1 fully saturated rings. The summed E-state index contributed by atoms with van der Waals surface area (Å²) >= 11 is 15.7. The number of amides is 2. The standard InChI is InChI=1S/C30H32BrCl2N3O4S/c1-21(30(38)34-24-8-4-2-5-9-24)35(19-22-12-17-27(32)28(33)18-22)29(37)20-36(25-15-13-23(31)14-16-25)41(39,40)26-10-6-3-7-11-26/h3,6-7,10-18,21,24H,2,4-5,8-9,19-20H2,1H3,(H,34,38)/t21-/m1/s1. The minimum atomic E-state index is -4.12. The fourth-order valence-electron chi connectivity index (χ4n) is 4.84. The third kappa shape index (κ3) is 8.03. The van der Waals surface area contributed by atoms with E-state index in [0.717, 1.165) is 40.9 Å². The molecule has 0 radical (unpaired) electrons. The van der Waals surface area contributed by atoms with Gasteiger partial charge in [-0.3, -0.25) is 13.9 Å². The lowest BCUT2D eigenvalue weighted by Crippen LogP contribution is -2.53. The molecule has 0 spiro atoms.